The predicted octanol–water partition coefficient (Wildman–Crippen LogP) is 2.69. The number of rotatable bonds is 7. The summed E-state index contributed by atoms with van der Waals surface area (Å²) >= 11 is 5.96. The third-order valence-corrected chi connectivity index (χ3v) is 4.26. The third kappa shape index (κ3) is 4.77. The van der Waals surface area contributed by atoms with Gasteiger partial charge in [-0.3, -0.25) is 9.59 Å². The Kier molecular flexibility index (Phi) is 5.93. The Balaban J connectivity index is 1.63. The summed E-state index contributed by atoms with van der Waals surface area (Å²) in [6.07, 6.45) is 5.04. The fourth-order valence-electron chi connectivity index (χ4n) is 2.63. The lowest BCUT2D eigenvalue weighted by Crippen LogP contribution is -2.34. The molecule has 0 saturated heterocycles. The normalized spacial score (nSPS) is 11.8. The van der Waals surface area contributed by atoms with Gasteiger partial charge in [-0.1, -0.05) is 23.7 Å². The van der Waals surface area contributed by atoms with Gasteiger partial charge in [0.15, 0.2) is 5.76 Å². The van der Waals surface area contributed by atoms with Crippen molar-refractivity contribution >= 4 is 23.4 Å². The van der Waals surface area contributed by atoms with Gasteiger partial charge >= 0.3 is 0 Å². The fraction of sp³-hybridized carbons (Fsp3) is 0.211. The van der Waals surface area contributed by atoms with Crippen molar-refractivity contribution < 1.29 is 14.0 Å². The Morgan fingerprint density at radius 3 is 2.67 bits per heavy atom. The number of hydrogen-bond donors (Lipinski definition) is 2. The number of nitrogens with zero attached hydrogens (tertiary/aromatic N) is 2. The van der Waals surface area contributed by atoms with Gasteiger partial charge < -0.3 is 19.6 Å². The number of amides is 2. The van der Waals surface area contributed by atoms with Crippen LogP contribution in [0.15, 0.2) is 59.5 Å². The van der Waals surface area contributed by atoms with Crippen LogP contribution >= 0.6 is 11.6 Å². The molecule has 3 rings (SSSR count). The second-order valence-electron chi connectivity index (χ2n) is 5.93. The maximum absolute atomic E-state index is 12.4. The van der Waals surface area contributed by atoms with Crippen LogP contribution < -0.4 is 10.6 Å². The molecule has 8 heteroatoms. The minimum Gasteiger partial charge on any atom is -0.459 e. The van der Waals surface area contributed by atoms with E-state index in [1.54, 1.807) is 30.5 Å². The molecule has 140 valence electrons. The molecule has 0 aliphatic heterocycles. The molecule has 27 heavy (non-hydrogen) atoms. The van der Waals surface area contributed by atoms with E-state index in [1.807, 2.05) is 29.9 Å². The molecule has 2 N–H and O–H groups in total. The first-order chi connectivity index (χ1) is 13.0. The van der Waals surface area contributed by atoms with Crippen LogP contribution in [-0.2, 0) is 11.8 Å². The summed E-state index contributed by atoms with van der Waals surface area (Å²) < 4.78 is 6.86. The molecule has 2 aromatic heterocycles. The van der Waals surface area contributed by atoms with Gasteiger partial charge in [0.05, 0.1) is 6.26 Å². The molecule has 0 radical (unpaired) electrons. The molecule has 2 amide bonds. The molecule has 0 bridgehead atoms. The molecule has 0 saturated carbocycles. The van der Waals surface area contributed by atoms with Gasteiger partial charge in [0.25, 0.3) is 5.91 Å². The molecular weight excluding hydrogens is 368 g/mol. The standard InChI is InChI=1S/C19H19ClN4O3/c1-24-11-10-21-18(24)17(13-4-6-14(20)7-5-13)23-16(25)8-9-22-19(26)15-3-2-12-27-15/h2-7,10-12,17H,8-9H2,1H3,(H,22,26)(H,23,25). The number of halogens is 1. The number of carbonyl (C=O) groups excluding carboxylic acids is 2. The van der Waals surface area contributed by atoms with Crippen molar-refractivity contribution in [2.24, 2.45) is 7.05 Å². The van der Waals surface area contributed by atoms with E-state index in [9.17, 15) is 9.59 Å². The van der Waals surface area contributed by atoms with Gasteiger partial charge in [0.1, 0.15) is 11.9 Å². The molecule has 7 nitrogen and oxygen atoms in total. The van der Waals surface area contributed by atoms with Crippen molar-refractivity contribution in [3.63, 3.8) is 0 Å². The zero-order valence-electron chi connectivity index (χ0n) is 14.7. The first kappa shape index (κ1) is 18.7. The average Bonchev–Trinajstić information content (AvgIpc) is 3.32. The van der Waals surface area contributed by atoms with Crippen LogP contribution in [0.3, 0.4) is 0 Å². The van der Waals surface area contributed by atoms with E-state index < -0.39 is 6.04 Å². The van der Waals surface area contributed by atoms with E-state index in [0.717, 1.165) is 5.56 Å². The Bertz CT molecular complexity index is 903. The molecule has 0 aliphatic carbocycles. The molecule has 0 aliphatic rings. The van der Waals surface area contributed by atoms with Gasteiger partial charge in [-0.05, 0) is 29.8 Å². The van der Waals surface area contributed by atoms with Crippen LogP contribution in [0.25, 0.3) is 0 Å². The quantitative estimate of drug-likeness (QED) is 0.653. The summed E-state index contributed by atoms with van der Waals surface area (Å²) in [4.78, 5) is 28.6. The van der Waals surface area contributed by atoms with Crippen LogP contribution in [-0.4, -0.2) is 27.9 Å². The summed E-state index contributed by atoms with van der Waals surface area (Å²) in [5.74, 6) is 0.344. The maximum Gasteiger partial charge on any atom is 0.286 e. The highest BCUT2D eigenvalue weighted by atomic mass is 35.5. The molecule has 3 aromatic rings. The first-order valence-corrected chi connectivity index (χ1v) is 8.76. The number of imidazole rings is 1. The fourth-order valence-corrected chi connectivity index (χ4v) is 2.75. The number of carbonyl (C=O) groups is 2. The van der Waals surface area contributed by atoms with E-state index in [0.29, 0.717) is 10.8 Å². The number of benzene rings is 1. The van der Waals surface area contributed by atoms with E-state index >= 15 is 0 Å². The van der Waals surface area contributed by atoms with E-state index in [2.05, 4.69) is 15.6 Å². The second kappa shape index (κ2) is 8.55. The topological polar surface area (TPSA) is 89.2 Å². The van der Waals surface area contributed by atoms with Gasteiger partial charge in [-0.15, -0.1) is 0 Å². The van der Waals surface area contributed by atoms with Crippen molar-refractivity contribution in [2.45, 2.75) is 12.5 Å². The zero-order valence-corrected chi connectivity index (χ0v) is 15.4. The number of aryl methyl sites for hydroxylation is 1. The van der Waals surface area contributed by atoms with Crippen molar-refractivity contribution in [1.82, 2.24) is 20.2 Å². The highest BCUT2D eigenvalue weighted by Crippen LogP contribution is 2.22. The summed E-state index contributed by atoms with van der Waals surface area (Å²) in [5, 5.41) is 6.23. The predicted molar refractivity (Wildman–Crippen MR) is 100 cm³/mol. The van der Waals surface area contributed by atoms with Gasteiger partial charge in [-0.2, -0.15) is 0 Å². The summed E-state index contributed by atoms with van der Waals surface area (Å²) in [6, 6.07) is 10.0. The molecule has 0 fully saturated rings. The Labute approximate surface area is 161 Å². The highest BCUT2D eigenvalue weighted by molar-refractivity contribution is 6.30. The van der Waals surface area contributed by atoms with Crippen molar-refractivity contribution in [1.29, 1.82) is 0 Å². The van der Waals surface area contributed by atoms with Crippen LogP contribution in [0, 0.1) is 0 Å². The van der Waals surface area contributed by atoms with Crippen molar-refractivity contribution in [3.05, 3.63) is 77.2 Å². The second-order valence-corrected chi connectivity index (χ2v) is 6.37. The monoisotopic (exact) mass is 386 g/mol. The minimum absolute atomic E-state index is 0.126. The van der Waals surface area contributed by atoms with Gasteiger partial charge in [0.2, 0.25) is 5.91 Å². The van der Waals surface area contributed by atoms with Crippen LogP contribution in [0.5, 0.6) is 0 Å². The lowest BCUT2D eigenvalue weighted by Gasteiger charge is -2.19. The molecule has 1 atom stereocenters. The first-order valence-electron chi connectivity index (χ1n) is 8.38. The van der Waals surface area contributed by atoms with Crippen LogP contribution in [0.4, 0.5) is 0 Å². The zero-order chi connectivity index (χ0) is 19.2. The largest absolute Gasteiger partial charge is 0.459 e. The number of hydrogen-bond acceptors (Lipinski definition) is 4. The number of nitrogens with one attached hydrogen (secondary N) is 2. The Morgan fingerprint density at radius 2 is 2.04 bits per heavy atom. The summed E-state index contributed by atoms with van der Waals surface area (Å²) in [6.45, 7) is 0.194. The van der Waals surface area contributed by atoms with E-state index in [4.69, 9.17) is 16.0 Å². The molecule has 0 spiro atoms. The lowest BCUT2D eigenvalue weighted by atomic mass is 10.1. The Morgan fingerprint density at radius 1 is 1.26 bits per heavy atom. The summed E-state index contributed by atoms with van der Waals surface area (Å²) in [7, 11) is 1.86. The lowest BCUT2D eigenvalue weighted by molar-refractivity contribution is -0.121. The minimum atomic E-state index is -0.421. The maximum atomic E-state index is 12.4. The van der Waals surface area contributed by atoms with Crippen LogP contribution in [0.1, 0.15) is 34.4 Å². The smallest absolute Gasteiger partial charge is 0.286 e. The molecule has 2 heterocycles. The van der Waals surface area contributed by atoms with Crippen molar-refractivity contribution in [2.75, 3.05) is 6.54 Å². The Hall–Kier alpha value is -3.06. The van der Waals surface area contributed by atoms with E-state index in [-0.39, 0.29) is 30.5 Å². The third-order valence-electron chi connectivity index (χ3n) is 4.01. The van der Waals surface area contributed by atoms with Gasteiger partial charge in [-0.25, -0.2) is 4.98 Å². The van der Waals surface area contributed by atoms with Crippen LogP contribution in [0.2, 0.25) is 5.02 Å². The molecule has 1 unspecified atom stereocenters. The molecular formula is C19H19ClN4O3. The average molecular weight is 387 g/mol. The number of aromatic nitrogens is 2. The highest BCUT2D eigenvalue weighted by Gasteiger charge is 2.20. The van der Waals surface area contributed by atoms with Crippen molar-refractivity contribution in [3.8, 4) is 0 Å². The number of furan rings is 1. The van der Waals surface area contributed by atoms with E-state index in [1.165, 1.54) is 6.26 Å². The summed E-state index contributed by atoms with van der Waals surface area (Å²) in [5.41, 5.74) is 0.863. The SMILES string of the molecule is Cn1ccnc1C(NC(=O)CCNC(=O)c1ccco1)c1ccc(Cl)cc1. The molecule has 1 aromatic carbocycles. The van der Waals surface area contributed by atoms with Gasteiger partial charge in [0, 0.05) is 37.4 Å².